The van der Waals surface area contributed by atoms with E-state index in [0.717, 1.165) is 77.7 Å². The Hall–Kier alpha value is -18.4. The van der Waals surface area contributed by atoms with Gasteiger partial charge in [-0.05, 0) is 109 Å². The lowest BCUT2D eigenvalue weighted by molar-refractivity contribution is 1.07. The van der Waals surface area contributed by atoms with Crippen molar-refractivity contribution in [2.24, 2.45) is 0 Å². The van der Waals surface area contributed by atoms with Gasteiger partial charge in [-0.3, -0.25) is 0 Å². The Morgan fingerprint density at radius 1 is 0.110 bits per heavy atom. The van der Waals surface area contributed by atoms with E-state index in [1.807, 2.05) is 264 Å². The molecule has 0 aliphatic heterocycles. The summed E-state index contributed by atoms with van der Waals surface area (Å²) in [6.07, 6.45) is 0. The van der Waals surface area contributed by atoms with Crippen molar-refractivity contribution in [1.82, 2.24) is 59.8 Å². The standard InChI is InChI=1S/C37H23N3S.3C31H19N3S/c1-3-10-24(11-4-1)25-18-20-27(21-19-25)36-38-35(26-12-5-2-6-13-26)39-37(40-36)30-16-9-15-29-28(30)22-23-33-34(29)31-14-7-8-17-32(31)41-33;1-3-10-21(11-4-1)29-32-30(22-12-5-2-6-13-22)34-31(33-29)24-16-9-14-20-18-19-26-28(27(20)24)23-15-7-8-17-25(23)35-26;1-3-9-20(10-4-1)29-32-30(21-11-5-2-6-12-21)34-31(33-29)23-15-17-24-22(19-23)16-18-27-28(24)25-13-7-8-14-26(25)35-27;1-3-9-21(10-4-1)29-32-30(22-11-5-2-6-12-22)34-31(33-29)23-16-15-20-17-18-27-28(25(20)19-23)24-13-7-8-14-26(24)35-27/h1-23H;3*1-19H. The van der Waals surface area contributed by atoms with Crippen LogP contribution in [0, 0.1) is 0 Å². The van der Waals surface area contributed by atoms with Crippen LogP contribution < -0.4 is 0 Å². The van der Waals surface area contributed by atoms with Crippen LogP contribution in [-0.4, -0.2) is 59.8 Å². The summed E-state index contributed by atoms with van der Waals surface area (Å²) in [5, 5.41) is 19.9. The lowest BCUT2D eigenvalue weighted by atomic mass is 9.98. The minimum absolute atomic E-state index is 0.660. The highest BCUT2D eigenvalue weighted by Crippen LogP contribution is 2.47. The van der Waals surface area contributed by atoms with E-state index in [9.17, 15) is 0 Å². The van der Waals surface area contributed by atoms with Crippen LogP contribution in [-0.2, 0) is 0 Å². The fourth-order valence-corrected chi connectivity index (χ4v) is 24.0. The highest BCUT2D eigenvalue weighted by Gasteiger charge is 2.24. The third-order valence-corrected chi connectivity index (χ3v) is 31.1. The molecule has 21 aromatic carbocycles. The molecule has 12 nitrogen and oxygen atoms in total. The number of benzene rings is 21. The molecular weight excluding hydrogens is 1860 g/mol. The van der Waals surface area contributed by atoms with Crippen LogP contribution in [0.2, 0.25) is 0 Å². The first kappa shape index (κ1) is 87.8. The van der Waals surface area contributed by atoms with Crippen LogP contribution in [0.15, 0.2) is 485 Å². The van der Waals surface area contributed by atoms with Gasteiger partial charge in [0.15, 0.2) is 69.9 Å². The lowest BCUT2D eigenvalue weighted by Crippen LogP contribution is -2.00. The highest BCUT2D eigenvalue weighted by molar-refractivity contribution is 7.27. The Balaban J connectivity index is 0.0000000991. The number of hydrogen-bond donors (Lipinski definition) is 0. The van der Waals surface area contributed by atoms with Crippen LogP contribution in [0.1, 0.15) is 0 Å². The predicted octanol–water partition coefficient (Wildman–Crippen LogP) is 35.2. The molecule has 0 aliphatic carbocycles. The molecule has 29 rings (SSSR count). The number of thiophene rings is 4. The minimum Gasteiger partial charge on any atom is -0.208 e. The summed E-state index contributed by atoms with van der Waals surface area (Å²) < 4.78 is 10.4. The molecular formula is C130H80N12S4. The molecule has 0 radical (unpaired) electrons. The second kappa shape index (κ2) is 38.5. The van der Waals surface area contributed by atoms with E-state index in [4.69, 9.17) is 59.8 Å². The predicted molar refractivity (Wildman–Crippen MR) is 612 cm³/mol. The Kier molecular flexibility index (Phi) is 23.2. The zero-order valence-corrected chi connectivity index (χ0v) is 81.5. The number of fused-ring (bicyclic) bond motifs is 20. The summed E-state index contributed by atoms with van der Waals surface area (Å²) in [6, 6.07) is 168. The van der Waals surface area contributed by atoms with Crippen LogP contribution in [0.5, 0.6) is 0 Å². The fourth-order valence-electron chi connectivity index (χ4n) is 19.5. The monoisotopic (exact) mass is 1940 g/mol. The highest BCUT2D eigenvalue weighted by atomic mass is 32.1. The zero-order valence-electron chi connectivity index (χ0n) is 78.2. The summed E-state index contributed by atoms with van der Waals surface area (Å²) in [5.74, 6) is 8.08. The average molecular weight is 1940 g/mol. The Bertz CT molecular complexity index is 9820. The third-order valence-electron chi connectivity index (χ3n) is 26.5. The van der Waals surface area contributed by atoms with E-state index in [-0.39, 0.29) is 0 Å². The quantitative estimate of drug-likeness (QED) is 0.108. The molecule has 29 aromatic rings. The van der Waals surface area contributed by atoms with Gasteiger partial charge in [0.1, 0.15) is 0 Å². The molecule has 8 aromatic heterocycles. The van der Waals surface area contributed by atoms with E-state index in [1.54, 1.807) is 0 Å². The second-order valence-corrected chi connectivity index (χ2v) is 39.9. The van der Waals surface area contributed by atoms with E-state index < -0.39 is 0 Å². The maximum atomic E-state index is 5.06. The Labute approximate surface area is 855 Å². The normalized spacial score (nSPS) is 11.4. The summed E-state index contributed by atoms with van der Waals surface area (Å²) in [4.78, 5) is 59.1. The molecule has 0 N–H and O–H groups in total. The topological polar surface area (TPSA) is 155 Å². The first-order valence-corrected chi connectivity index (χ1v) is 51.5. The maximum Gasteiger partial charge on any atom is 0.164 e. The van der Waals surface area contributed by atoms with Gasteiger partial charge < -0.3 is 0 Å². The molecule has 146 heavy (non-hydrogen) atoms. The maximum absolute atomic E-state index is 5.06. The molecule has 684 valence electrons. The molecule has 8 heterocycles. The first-order chi connectivity index (χ1) is 72.3. The molecule has 0 saturated heterocycles. The summed E-state index contributed by atoms with van der Waals surface area (Å²) in [7, 11) is 0. The molecule has 0 amide bonds. The average Bonchev–Trinajstić information content (AvgIpc) is 1.57. The molecule has 0 bridgehead atoms. The summed E-state index contributed by atoms with van der Waals surface area (Å²) in [6.45, 7) is 0. The Morgan fingerprint density at radius 3 is 0.767 bits per heavy atom. The SMILES string of the molecule is c1ccc(-c2ccc(-c3nc(-c4ccccc4)nc(-c4cccc5c4ccc4sc6ccccc6c45)n3)cc2)cc1.c1ccc(-c2nc(-c3ccccc3)nc(-c3ccc4c(ccc5sc6ccccc6c54)c3)n2)cc1.c1ccc(-c2nc(-c3ccccc3)nc(-c3ccc4ccc5sc6ccccc6c5c4c3)n2)cc1.c1ccc(-c2nc(-c3ccccc3)nc(-c3cccc4ccc5sc6ccccc6c5c34)n2)cc1. The second-order valence-electron chi connectivity index (χ2n) is 35.6. The van der Waals surface area contributed by atoms with E-state index in [1.165, 1.54) is 124 Å². The number of aromatic nitrogens is 12. The van der Waals surface area contributed by atoms with Crippen molar-refractivity contribution in [3.05, 3.63) is 485 Å². The Morgan fingerprint density at radius 2 is 0.356 bits per heavy atom. The first-order valence-electron chi connectivity index (χ1n) is 48.3. The number of nitrogens with zero attached hydrogens (tertiary/aromatic N) is 12. The van der Waals surface area contributed by atoms with Gasteiger partial charge in [-0.2, -0.15) is 0 Å². The van der Waals surface area contributed by atoms with Gasteiger partial charge >= 0.3 is 0 Å². The van der Waals surface area contributed by atoms with Crippen LogP contribution in [0.3, 0.4) is 0 Å². The zero-order chi connectivity index (χ0) is 96.7. The molecule has 0 unspecified atom stereocenters. The van der Waals surface area contributed by atoms with Crippen molar-refractivity contribution < 1.29 is 0 Å². The minimum atomic E-state index is 0.660. The fraction of sp³-hybridized carbons (Fsp3) is 0. The summed E-state index contributed by atoms with van der Waals surface area (Å²) >= 11 is 7.34. The van der Waals surface area contributed by atoms with Gasteiger partial charge in [0, 0.05) is 153 Å². The third kappa shape index (κ3) is 17.1. The number of hydrogen-bond acceptors (Lipinski definition) is 16. The van der Waals surface area contributed by atoms with Crippen molar-refractivity contribution in [3.8, 4) is 148 Å². The van der Waals surface area contributed by atoms with Gasteiger partial charge in [-0.1, -0.05) is 425 Å². The molecule has 0 spiro atoms. The molecule has 0 aliphatic rings. The van der Waals surface area contributed by atoms with Crippen molar-refractivity contribution in [2.45, 2.75) is 0 Å². The molecule has 0 saturated carbocycles. The van der Waals surface area contributed by atoms with Crippen molar-refractivity contribution in [2.75, 3.05) is 0 Å². The summed E-state index contributed by atoms with van der Waals surface area (Å²) in [5.41, 5.74) is 14.1. The van der Waals surface area contributed by atoms with Gasteiger partial charge in [-0.15, -0.1) is 45.3 Å². The van der Waals surface area contributed by atoms with Crippen LogP contribution in [0.25, 0.3) is 272 Å². The largest absolute Gasteiger partial charge is 0.208 e. The van der Waals surface area contributed by atoms with Crippen molar-refractivity contribution >= 4 is 169 Å². The van der Waals surface area contributed by atoms with Gasteiger partial charge in [-0.25, -0.2) is 59.8 Å². The molecule has 0 atom stereocenters. The van der Waals surface area contributed by atoms with Crippen LogP contribution in [0.4, 0.5) is 0 Å². The van der Waals surface area contributed by atoms with Gasteiger partial charge in [0.05, 0.1) is 0 Å². The molecule has 16 heteroatoms. The van der Waals surface area contributed by atoms with E-state index >= 15 is 0 Å². The van der Waals surface area contributed by atoms with E-state index in [2.05, 4.69) is 267 Å². The van der Waals surface area contributed by atoms with Gasteiger partial charge in [0.2, 0.25) is 0 Å². The molecule has 0 fully saturated rings. The van der Waals surface area contributed by atoms with Gasteiger partial charge in [0.25, 0.3) is 0 Å². The van der Waals surface area contributed by atoms with Crippen LogP contribution >= 0.6 is 45.3 Å². The lowest BCUT2D eigenvalue weighted by Gasteiger charge is -2.11. The smallest absolute Gasteiger partial charge is 0.164 e. The van der Waals surface area contributed by atoms with Crippen molar-refractivity contribution in [3.63, 3.8) is 0 Å². The van der Waals surface area contributed by atoms with Crippen molar-refractivity contribution in [1.29, 1.82) is 0 Å². The van der Waals surface area contributed by atoms with E-state index in [0.29, 0.717) is 69.9 Å². The number of rotatable bonds is 13.